The van der Waals surface area contributed by atoms with E-state index in [4.69, 9.17) is 0 Å². The van der Waals surface area contributed by atoms with Crippen molar-refractivity contribution in [3.05, 3.63) is 54.9 Å². The first-order valence-electron chi connectivity index (χ1n) is 8.12. The normalized spacial score (nSPS) is 17.2. The van der Waals surface area contributed by atoms with Gasteiger partial charge in [0.25, 0.3) is 0 Å². The lowest BCUT2D eigenvalue weighted by Gasteiger charge is -2.20. The number of nitrogens with zero attached hydrogens (tertiary/aromatic N) is 6. The number of hydrogen-bond acceptors (Lipinski definition) is 5. The van der Waals surface area contributed by atoms with E-state index in [1.54, 1.807) is 18.3 Å². The smallest absolute Gasteiger partial charge is 0.288 e. The van der Waals surface area contributed by atoms with Gasteiger partial charge in [-0.3, -0.25) is 14.8 Å². The zero-order valence-electron chi connectivity index (χ0n) is 14.1. The first kappa shape index (κ1) is 17.7. The molecule has 0 spiro atoms. The van der Waals surface area contributed by atoms with Crippen LogP contribution in [-0.2, 0) is 6.18 Å². The SMILES string of the molecule is N#C[C@H]1CN(c2cnc(C(F)(F)F)nc2)C(=O)N1c1cncc2ccccc12. The molecule has 3 heterocycles. The predicted molar refractivity (Wildman–Crippen MR) is 93.4 cm³/mol. The lowest BCUT2D eigenvalue weighted by atomic mass is 10.1. The lowest BCUT2D eigenvalue weighted by molar-refractivity contribution is -0.144. The maximum atomic E-state index is 13.0. The summed E-state index contributed by atoms with van der Waals surface area (Å²) in [6.07, 6.45) is 0.295. The molecule has 3 aromatic rings. The van der Waals surface area contributed by atoms with Crippen molar-refractivity contribution in [2.24, 2.45) is 0 Å². The van der Waals surface area contributed by atoms with E-state index < -0.39 is 24.1 Å². The lowest BCUT2D eigenvalue weighted by Crippen LogP contribution is -2.34. The monoisotopic (exact) mass is 384 g/mol. The van der Waals surface area contributed by atoms with Crippen molar-refractivity contribution in [1.29, 1.82) is 5.26 Å². The number of halogens is 3. The van der Waals surface area contributed by atoms with Crippen LogP contribution in [0, 0.1) is 11.3 Å². The Morgan fingerprint density at radius 2 is 1.82 bits per heavy atom. The number of alkyl halides is 3. The third-order valence-corrected chi connectivity index (χ3v) is 4.36. The van der Waals surface area contributed by atoms with E-state index in [-0.39, 0.29) is 12.2 Å². The first-order valence-corrected chi connectivity index (χ1v) is 8.12. The summed E-state index contributed by atoms with van der Waals surface area (Å²) >= 11 is 0. The van der Waals surface area contributed by atoms with Gasteiger partial charge in [-0.2, -0.15) is 18.4 Å². The van der Waals surface area contributed by atoms with Crippen LogP contribution in [0.5, 0.6) is 0 Å². The van der Waals surface area contributed by atoms with E-state index >= 15 is 0 Å². The van der Waals surface area contributed by atoms with Crippen LogP contribution >= 0.6 is 0 Å². The maximum absolute atomic E-state index is 13.0. The van der Waals surface area contributed by atoms with Gasteiger partial charge in [-0.1, -0.05) is 24.3 Å². The van der Waals surface area contributed by atoms with Crippen molar-refractivity contribution >= 4 is 28.2 Å². The second-order valence-electron chi connectivity index (χ2n) is 6.05. The summed E-state index contributed by atoms with van der Waals surface area (Å²) in [5.41, 5.74) is 0.527. The number of hydrogen-bond donors (Lipinski definition) is 0. The largest absolute Gasteiger partial charge is 0.451 e. The molecular formula is C18H11F3N6O. The molecule has 0 N–H and O–H groups in total. The molecule has 2 aromatic heterocycles. The number of fused-ring (bicyclic) bond motifs is 1. The van der Waals surface area contributed by atoms with Crippen LogP contribution in [0.25, 0.3) is 10.8 Å². The van der Waals surface area contributed by atoms with E-state index in [1.807, 2.05) is 12.1 Å². The fourth-order valence-corrected chi connectivity index (χ4v) is 3.08. The Labute approximate surface area is 156 Å². The van der Waals surface area contributed by atoms with Crippen molar-refractivity contribution in [1.82, 2.24) is 15.0 Å². The Bertz CT molecular complexity index is 1090. The predicted octanol–water partition coefficient (Wildman–Crippen LogP) is 3.38. The Kier molecular flexibility index (Phi) is 4.07. The molecule has 0 aliphatic carbocycles. The van der Waals surface area contributed by atoms with Crippen molar-refractivity contribution in [2.45, 2.75) is 12.2 Å². The summed E-state index contributed by atoms with van der Waals surface area (Å²) in [6, 6.07) is 7.91. The third kappa shape index (κ3) is 2.87. The summed E-state index contributed by atoms with van der Waals surface area (Å²) in [4.78, 5) is 26.2. The van der Waals surface area contributed by atoms with Crippen molar-refractivity contribution < 1.29 is 18.0 Å². The highest BCUT2D eigenvalue weighted by Gasteiger charge is 2.41. The van der Waals surface area contributed by atoms with Crippen molar-refractivity contribution in [3.8, 4) is 6.07 Å². The van der Waals surface area contributed by atoms with Crippen molar-refractivity contribution in [3.63, 3.8) is 0 Å². The second-order valence-corrected chi connectivity index (χ2v) is 6.05. The molecule has 1 aliphatic rings. The molecule has 0 saturated carbocycles. The number of pyridine rings is 1. The summed E-state index contributed by atoms with van der Waals surface area (Å²) in [5.74, 6) is -1.30. The Hall–Kier alpha value is -3.74. The quantitative estimate of drug-likeness (QED) is 0.676. The number of anilines is 2. The number of amides is 2. The van der Waals surface area contributed by atoms with Crippen LogP contribution in [-0.4, -0.2) is 33.6 Å². The molecule has 0 unspecified atom stereocenters. The highest BCUT2D eigenvalue weighted by atomic mass is 19.4. The highest BCUT2D eigenvalue weighted by molar-refractivity contribution is 6.11. The van der Waals surface area contributed by atoms with Gasteiger partial charge in [0.15, 0.2) is 0 Å². The van der Waals surface area contributed by atoms with Gasteiger partial charge in [0.05, 0.1) is 42.6 Å². The number of benzene rings is 1. The standard InChI is InChI=1S/C18H11F3N6O/c19-18(20,21)16-24-7-13(8-25-16)26-10-12(5-22)27(17(26)28)15-9-23-6-11-3-1-2-4-14(11)15/h1-4,6-9,12H,10H2/t12-/m0/s1. The van der Waals surface area contributed by atoms with Crippen LogP contribution in [0.2, 0.25) is 0 Å². The molecule has 0 radical (unpaired) electrons. The fraction of sp³-hybridized carbons (Fsp3) is 0.167. The third-order valence-electron chi connectivity index (χ3n) is 4.36. The Balaban J connectivity index is 1.73. The minimum atomic E-state index is -4.68. The Morgan fingerprint density at radius 1 is 1.11 bits per heavy atom. The van der Waals surface area contributed by atoms with Gasteiger partial charge in [-0.25, -0.2) is 14.8 Å². The zero-order chi connectivity index (χ0) is 19.9. The molecule has 1 saturated heterocycles. The van der Waals surface area contributed by atoms with Crippen LogP contribution < -0.4 is 9.80 Å². The van der Waals surface area contributed by atoms with E-state index in [0.717, 1.165) is 23.2 Å². The molecule has 0 bridgehead atoms. The zero-order valence-corrected chi connectivity index (χ0v) is 14.1. The average molecular weight is 384 g/mol. The van der Waals surface area contributed by atoms with Gasteiger partial charge in [0.1, 0.15) is 6.04 Å². The Morgan fingerprint density at radius 3 is 2.50 bits per heavy atom. The van der Waals surface area contributed by atoms with Gasteiger partial charge in [-0.05, 0) is 0 Å². The molecule has 2 amide bonds. The van der Waals surface area contributed by atoms with E-state index in [1.165, 1.54) is 16.0 Å². The van der Waals surface area contributed by atoms with Gasteiger partial charge in [0.2, 0.25) is 5.82 Å². The van der Waals surface area contributed by atoms with E-state index in [9.17, 15) is 23.2 Å². The van der Waals surface area contributed by atoms with Gasteiger partial charge >= 0.3 is 12.2 Å². The number of urea groups is 1. The molecule has 4 rings (SSSR count). The molecule has 7 nitrogen and oxygen atoms in total. The highest BCUT2D eigenvalue weighted by Crippen LogP contribution is 2.33. The molecular weight excluding hydrogens is 373 g/mol. The van der Waals surface area contributed by atoms with Gasteiger partial charge in [0, 0.05) is 17.0 Å². The molecule has 1 aromatic carbocycles. The molecule has 140 valence electrons. The maximum Gasteiger partial charge on any atom is 0.451 e. The van der Waals surface area contributed by atoms with Crippen LogP contribution in [0.3, 0.4) is 0 Å². The van der Waals surface area contributed by atoms with E-state index in [0.29, 0.717) is 5.69 Å². The second kappa shape index (κ2) is 6.45. The molecule has 10 heteroatoms. The van der Waals surface area contributed by atoms with Crippen LogP contribution in [0.15, 0.2) is 49.1 Å². The molecule has 28 heavy (non-hydrogen) atoms. The molecule has 1 fully saturated rings. The van der Waals surface area contributed by atoms with Crippen molar-refractivity contribution in [2.75, 3.05) is 16.3 Å². The fourth-order valence-electron chi connectivity index (χ4n) is 3.08. The summed E-state index contributed by atoms with van der Waals surface area (Å²) in [6.45, 7) is -0.0344. The minimum absolute atomic E-state index is 0.0344. The summed E-state index contributed by atoms with van der Waals surface area (Å²) < 4.78 is 38.0. The topological polar surface area (TPSA) is 86.0 Å². The van der Waals surface area contributed by atoms with Gasteiger partial charge < -0.3 is 0 Å². The number of rotatable bonds is 2. The van der Waals surface area contributed by atoms with Gasteiger partial charge in [-0.15, -0.1) is 0 Å². The first-order chi connectivity index (χ1) is 13.4. The summed E-state index contributed by atoms with van der Waals surface area (Å²) in [7, 11) is 0. The molecule has 1 aliphatic heterocycles. The van der Waals surface area contributed by atoms with Crippen LogP contribution in [0.4, 0.5) is 29.3 Å². The molecule has 1 atom stereocenters. The number of nitriles is 1. The number of carbonyl (C=O) groups excluding carboxylic acids is 1. The van der Waals surface area contributed by atoms with Crippen LogP contribution in [0.1, 0.15) is 5.82 Å². The average Bonchev–Trinajstić information content (AvgIpc) is 3.03. The van der Waals surface area contributed by atoms with E-state index in [2.05, 4.69) is 21.0 Å². The number of aromatic nitrogens is 3. The summed E-state index contributed by atoms with van der Waals surface area (Å²) in [5, 5.41) is 11.1. The minimum Gasteiger partial charge on any atom is -0.288 e. The number of carbonyl (C=O) groups is 1.